The molecule has 1 saturated carbocycles. The van der Waals surface area contributed by atoms with Gasteiger partial charge in [0.2, 0.25) is 0 Å². The van der Waals surface area contributed by atoms with Gasteiger partial charge in [0.25, 0.3) is 0 Å². The monoisotopic (exact) mass is 278 g/mol. The Balaban J connectivity index is 2.05. The maximum absolute atomic E-state index is 6.59. The van der Waals surface area contributed by atoms with Crippen LogP contribution in [0.4, 0.5) is 0 Å². The summed E-state index contributed by atoms with van der Waals surface area (Å²) in [6.07, 6.45) is 6.95. The van der Waals surface area contributed by atoms with E-state index < -0.39 is 0 Å². The summed E-state index contributed by atoms with van der Waals surface area (Å²) in [6, 6.07) is 9.13. The molecule has 1 aliphatic carbocycles. The van der Waals surface area contributed by atoms with E-state index in [4.69, 9.17) is 11.6 Å². The minimum Gasteiger partial charge on any atom is -0.118 e. The topological polar surface area (TPSA) is 0 Å². The van der Waals surface area contributed by atoms with E-state index in [-0.39, 0.29) is 5.38 Å². The third-order valence-electron chi connectivity index (χ3n) is 4.84. The lowest BCUT2D eigenvalue weighted by Gasteiger charge is -2.24. The molecule has 0 aromatic heterocycles. The summed E-state index contributed by atoms with van der Waals surface area (Å²) in [5.41, 5.74) is 2.80. The van der Waals surface area contributed by atoms with Gasteiger partial charge >= 0.3 is 0 Å². The summed E-state index contributed by atoms with van der Waals surface area (Å²) in [6.45, 7) is 6.74. The number of rotatable bonds is 4. The molecule has 1 aromatic carbocycles. The molecule has 19 heavy (non-hydrogen) atoms. The van der Waals surface area contributed by atoms with Crippen molar-refractivity contribution < 1.29 is 0 Å². The summed E-state index contributed by atoms with van der Waals surface area (Å²) in [5, 5.41) is 0.139. The average Bonchev–Trinajstić information content (AvgIpc) is 2.46. The largest absolute Gasteiger partial charge is 0.118 e. The van der Waals surface area contributed by atoms with Gasteiger partial charge in [-0.15, -0.1) is 11.6 Å². The fourth-order valence-electron chi connectivity index (χ4n) is 3.03. The second-order valence-corrected chi connectivity index (χ2v) is 6.98. The Labute approximate surface area is 123 Å². The van der Waals surface area contributed by atoms with E-state index in [1.807, 2.05) is 0 Å². The fraction of sp³-hybridized carbons (Fsp3) is 0.667. The quantitative estimate of drug-likeness (QED) is 0.566. The van der Waals surface area contributed by atoms with E-state index in [9.17, 15) is 0 Å². The highest BCUT2D eigenvalue weighted by atomic mass is 35.5. The highest BCUT2D eigenvalue weighted by Crippen LogP contribution is 2.36. The number of alkyl halides is 1. The summed E-state index contributed by atoms with van der Waals surface area (Å²) in [4.78, 5) is 0. The minimum absolute atomic E-state index is 0.139. The van der Waals surface area contributed by atoms with Gasteiger partial charge in [0.05, 0.1) is 5.38 Å². The van der Waals surface area contributed by atoms with Gasteiger partial charge in [-0.3, -0.25) is 0 Å². The van der Waals surface area contributed by atoms with E-state index in [2.05, 4.69) is 45.0 Å². The Morgan fingerprint density at radius 3 is 2.05 bits per heavy atom. The van der Waals surface area contributed by atoms with E-state index in [0.29, 0.717) is 11.8 Å². The van der Waals surface area contributed by atoms with Gasteiger partial charge in [-0.05, 0) is 41.7 Å². The van der Waals surface area contributed by atoms with Crippen LogP contribution >= 0.6 is 11.6 Å². The first kappa shape index (κ1) is 14.9. The van der Waals surface area contributed by atoms with Crippen LogP contribution in [0.5, 0.6) is 0 Å². The predicted molar refractivity (Wildman–Crippen MR) is 84.9 cm³/mol. The maximum atomic E-state index is 6.59. The molecule has 2 rings (SSSR count). The third-order valence-corrected chi connectivity index (χ3v) is 5.49. The van der Waals surface area contributed by atoms with Crippen molar-refractivity contribution in [3.8, 4) is 0 Å². The van der Waals surface area contributed by atoms with Crippen LogP contribution in [0, 0.1) is 11.8 Å². The normalized spacial score (nSPS) is 20.5. The van der Waals surface area contributed by atoms with Crippen LogP contribution in [0.15, 0.2) is 24.3 Å². The summed E-state index contributed by atoms with van der Waals surface area (Å²) < 4.78 is 0. The van der Waals surface area contributed by atoms with Crippen molar-refractivity contribution in [1.29, 1.82) is 0 Å². The van der Waals surface area contributed by atoms with Crippen molar-refractivity contribution in [3.05, 3.63) is 35.4 Å². The van der Waals surface area contributed by atoms with Crippen LogP contribution in [0.25, 0.3) is 0 Å². The Morgan fingerprint density at radius 1 is 0.947 bits per heavy atom. The first-order valence-electron chi connectivity index (χ1n) is 7.83. The van der Waals surface area contributed by atoms with Crippen molar-refractivity contribution in [2.75, 3.05) is 0 Å². The molecule has 0 spiro atoms. The Kier molecular flexibility index (Phi) is 5.33. The van der Waals surface area contributed by atoms with E-state index in [1.165, 1.54) is 43.2 Å². The van der Waals surface area contributed by atoms with Crippen molar-refractivity contribution in [2.45, 2.75) is 64.2 Å². The van der Waals surface area contributed by atoms with Crippen molar-refractivity contribution in [2.24, 2.45) is 11.8 Å². The molecule has 1 fully saturated rings. The van der Waals surface area contributed by atoms with E-state index >= 15 is 0 Å². The lowest BCUT2D eigenvalue weighted by molar-refractivity contribution is 0.406. The molecule has 2 unspecified atom stereocenters. The van der Waals surface area contributed by atoms with Gasteiger partial charge < -0.3 is 0 Å². The van der Waals surface area contributed by atoms with Gasteiger partial charge in [0.15, 0.2) is 0 Å². The van der Waals surface area contributed by atoms with Crippen LogP contribution in [-0.4, -0.2) is 0 Å². The van der Waals surface area contributed by atoms with Gasteiger partial charge in [-0.2, -0.15) is 0 Å². The number of hydrogen-bond acceptors (Lipinski definition) is 0. The molecule has 1 aromatic rings. The zero-order valence-corrected chi connectivity index (χ0v) is 13.3. The second-order valence-electron chi connectivity index (χ2n) is 6.51. The molecule has 0 radical (unpaired) electrons. The highest BCUT2D eigenvalue weighted by Gasteiger charge is 2.20. The molecule has 0 heterocycles. The van der Waals surface area contributed by atoms with E-state index in [0.717, 1.165) is 5.92 Å². The number of hydrogen-bond donors (Lipinski definition) is 0. The van der Waals surface area contributed by atoms with Gasteiger partial charge in [-0.1, -0.05) is 64.3 Å². The molecule has 0 saturated heterocycles. The molecular weight excluding hydrogens is 252 g/mol. The first-order valence-corrected chi connectivity index (χ1v) is 8.27. The van der Waals surface area contributed by atoms with Crippen LogP contribution in [-0.2, 0) is 0 Å². The van der Waals surface area contributed by atoms with Gasteiger partial charge in [0.1, 0.15) is 0 Å². The third kappa shape index (κ3) is 3.75. The molecule has 106 valence electrons. The fourth-order valence-corrected chi connectivity index (χ4v) is 3.47. The van der Waals surface area contributed by atoms with Crippen LogP contribution < -0.4 is 0 Å². The maximum Gasteiger partial charge on any atom is 0.0613 e. The molecule has 1 aliphatic rings. The second kappa shape index (κ2) is 6.79. The molecule has 0 aliphatic heterocycles. The highest BCUT2D eigenvalue weighted by molar-refractivity contribution is 6.21. The van der Waals surface area contributed by atoms with E-state index in [1.54, 1.807) is 0 Å². The Hall–Kier alpha value is -0.490. The Morgan fingerprint density at radius 2 is 1.53 bits per heavy atom. The SMILES string of the molecule is CC(C)C(C)C(Cl)c1ccc(C2CCCCC2)cc1. The van der Waals surface area contributed by atoms with Crippen molar-refractivity contribution in [1.82, 2.24) is 0 Å². The number of halogens is 1. The standard InChI is InChI=1S/C18H27Cl/c1-13(2)14(3)18(19)17-11-9-16(10-12-17)15-7-5-4-6-8-15/h9-15,18H,4-8H2,1-3H3. The smallest absolute Gasteiger partial charge is 0.0613 e. The molecule has 0 N–H and O–H groups in total. The van der Waals surface area contributed by atoms with Crippen LogP contribution in [0.3, 0.4) is 0 Å². The zero-order chi connectivity index (χ0) is 13.8. The van der Waals surface area contributed by atoms with Crippen molar-refractivity contribution in [3.63, 3.8) is 0 Å². The summed E-state index contributed by atoms with van der Waals surface area (Å²) in [5.74, 6) is 1.93. The Bertz CT molecular complexity index is 373. The van der Waals surface area contributed by atoms with Crippen LogP contribution in [0.1, 0.15) is 75.3 Å². The minimum atomic E-state index is 0.139. The summed E-state index contributed by atoms with van der Waals surface area (Å²) in [7, 11) is 0. The molecular formula is C18H27Cl. The zero-order valence-electron chi connectivity index (χ0n) is 12.5. The van der Waals surface area contributed by atoms with Gasteiger partial charge in [0, 0.05) is 0 Å². The molecule has 1 heteroatoms. The lowest BCUT2D eigenvalue weighted by atomic mass is 9.83. The molecule has 0 nitrogen and oxygen atoms in total. The summed E-state index contributed by atoms with van der Waals surface area (Å²) >= 11 is 6.59. The predicted octanol–water partition coefficient (Wildman–Crippen LogP) is 6.31. The average molecular weight is 279 g/mol. The lowest BCUT2D eigenvalue weighted by Crippen LogP contribution is -2.11. The first-order chi connectivity index (χ1) is 9.09. The molecule has 0 amide bonds. The van der Waals surface area contributed by atoms with Crippen molar-refractivity contribution >= 4 is 11.6 Å². The molecule has 0 bridgehead atoms. The molecule has 2 atom stereocenters. The van der Waals surface area contributed by atoms with Gasteiger partial charge in [-0.25, -0.2) is 0 Å². The van der Waals surface area contributed by atoms with Crippen LogP contribution in [0.2, 0.25) is 0 Å². The number of benzene rings is 1.